The van der Waals surface area contributed by atoms with Crippen LogP contribution >= 0.6 is 0 Å². The van der Waals surface area contributed by atoms with E-state index in [1.807, 2.05) is 0 Å². The third-order valence-corrected chi connectivity index (χ3v) is 4.24. The smallest absolute Gasteiger partial charge is 0.00225 e. The quantitative estimate of drug-likeness (QED) is 0.704. The van der Waals surface area contributed by atoms with Crippen LogP contribution in [-0.4, -0.2) is 62.7 Å². The molecule has 2 fully saturated rings. The van der Waals surface area contributed by atoms with Gasteiger partial charge in [-0.15, -0.1) is 0 Å². The van der Waals surface area contributed by atoms with Gasteiger partial charge in [-0.2, -0.15) is 0 Å². The Hall–Kier alpha value is -0.120. The van der Waals surface area contributed by atoms with Crippen molar-refractivity contribution in [2.45, 2.75) is 26.2 Å². The first-order chi connectivity index (χ1) is 8.28. The van der Waals surface area contributed by atoms with E-state index in [4.69, 9.17) is 0 Å². The molecule has 0 aliphatic carbocycles. The Kier molecular flexibility index (Phi) is 5.26. The lowest BCUT2D eigenvalue weighted by molar-refractivity contribution is 0.265. The Labute approximate surface area is 107 Å². The van der Waals surface area contributed by atoms with Gasteiger partial charge in [0.25, 0.3) is 0 Å². The molecule has 2 saturated heterocycles. The molecule has 0 radical (unpaired) electrons. The molecule has 0 aromatic carbocycles. The van der Waals surface area contributed by atoms with Gasteiger partial charge >= 0.3 is 0 Å². The van der Waals surface area contributed by atoms with Crippen molar-refractivity contribution in [1.29, 1.82) is 0 Å². The molecular weight excluding hydrogens is 210 g/mol. The molecular formula is C14H29N3. The fraction of sp³-hybridized carbons (Fsp3) is 1.00. The second-order valence-corrected chi connectivity index (χ2v) is 6.04. The molecule has 0 saturated carbocycles. The highest BCUT2D eigenvalue weighted by molar-refractivity contribution is 4.82. The highest BCUT2D eigenvalue weighted by Crippen LogP contribution is 2.21. The van der Waals surface area contributed by atoms with Gasteiger partial charge in [0.05, 0.1) is 0 Å². The second-order valence-electron chi connectivity index (χ2n) is 6.04. The normalized spacial score (nSPS) is 31.4. The maximum atomic E-state index is 3.56. The maximum Gasteiger partial charge on any atom is 0.00225 e. The van der Waals surface area contributed by atoms with E-state index in [9.17, 15) is 0 Å². The van der Waals surface area contributed by atoms with Gasteiger partial charge in [-0.25, -0.2) is 0 Å². The summed E-state index contributed by atoms with van der Waals surface area (Å²) in [6.45, 7) is 11.3. The van der Waals surface area contributed by atoms with Crippen molar-refractivity contribution in [3.63, 3.8) is 0 Å². The van der Waals surface area contributed by atoms with E-state index in [-0.39, 0.29) is 0 Å². The Balaban J connectivity index is 1.61. The Morgan fingerprint density at radius 3 is 2.65 bits per heavy atom. The van der Waals surface area contributed by atoms with E-state index in [0.29, 0.717) is 0 Å². The fourth-order valence-corrected chi connectivity index (χ4v) is 3.27. The molecule has 0 bridgehead atoms. The van der Waals surface area contributed by atoms with Crippen LogP contribution in [0, 0.1) is 11.8 Å². The summed E-state index contributed by atoms with van der Waals surface area (Å²) in [5.74, 6) is 1.84. The van der Waals surface area contributed by atoms with E-state index in [0.717, 1.165) is 11.8 Å². The van der Waals surface area contributed by atoms with Crippen LogP contribution in [0.2, 0.25) is 0 Å². The fourth-order valence-electron chi connectivity index (χ4n) is 3.27. The van der Waals surface area contributed by atoms with E-state index in [1.165, 1.54) is 65.1 Å². The molecule has 2 aliphatic rings. The predicted octanol–water partition coefficient (Wildman–Crippen LogP) is 1.26. The van der Waals surface area contributed by atoms with E-state index >= 15 is 0 Å². The monoisotopic (exact) mass is 239 g/mol. The average molecular weight is 239 g/mol. The van der Waals surface area contributed by atoms with Crippen LogP contribution in [0.5, 0.6) is 0 Å². The number of nitrogens with one attached hydrogen (secondary N) is 1. The summed E-state index contributed by atoms with van der Waals surface area (Å²) in [7, 11) is 2.25. The first-order valence-electron chi connectivity index (χ1n) is 7.39. The zero-order valence-corrected chi connectivity index (χ0v) is 11.6. The molecule has 17 heavy (non-hydrogen) atoms. The van der Waals surface area contributed by atoms with E-state index < -0.39 is 0 Å². The number of nitrogens with zero attached hydrogens (tertiary/aromatic N) is 2. The van der Waals surface area contributed by atoms with Gasteiger partial charge in [0, 0.05) is 19.6 Å². The minimum atomic E-state index is 0.903. The molecule has 3 nitrogen and oxygen atoms in total. The Morgan fingerprint density at radius 2 is 1.94 bits per heavy atom. The zero-order chi connectivity index (χ0) is 12.1. The summed E-state index contributed by atoms with van der Waals surface area (Å²) in [5, 5.41) is 3.56. The number of rotatable bonds is 6. The summed E-state index contributed by atoms with van der Waals surface area (Å²) in [4.78, 5) is 5.17. The molecule has 0 aromatic heterocycles. The first kappa shape index (κ1) is 13.3. The Morgan fingerprint density at radius 1 is 1.12 bits per heavy atom. The van der Waals surface area contributed by atoms with Crippen LogP contribution in [0.1, 0.15) is 26.2 Å². The lowest BCUT2D eigenvalue weighted by Crippen LogP contribution is -2.31. The summed E-state index contributed by atoms with van der Waals surface area (Å²) in [6, 6.07) is 0. The second kappa shape index (κ2) is 6.72. The van der Waals surface area contributed by atoms with Crippen LogP contribution in [0.25, 0.3) is 0 Å². The van der Waals surface area contributed by atoms with Crippen molar-refractivity contribution in [3.05, 3.63) is 0 Å². The van der Waals surface area contributed by atoms with E-state index in [1.54, 1.807) is 0 Å². The van der Waals surface area contributed by atoms with Crippen molar-refractivity contribution in [3.8, 4) is 0 Å². The first-order valence-corrected chi connectivity index (χ1v) is 7.39. The van der Waals surface area contributed by atoms with Crippen LogP contribution < -0.4 is 5.32 Å². The van der Waals surface area contributed by atoms with Crippen molar-refractivity contribution in [1.82, 2.24) is 15.1 Å². The lowest BCUT2D eigenvalue weighted by Gasteiger charge is -2.20. The summed E-state index contributed by atoms with van der Waals surface area (Å²) in [5.41, 5.74) is 0. The minimum absolute atomic E-state index is 0.903. The summed E-state index contributed by atoms with van der Waals surface area (Å²) in [6.07, 6.45) is 4.07. The van der Waals surface area contributed by atoms with Crippen LogP contribution in [0.15, 0.2) is 0 Å². The van der Waals surface area contributed by atoms with Gasteiger partial charge in [-0.1, -0.05) is 6.92 Å². The van der Waals surface area contributed by atoms with Crippen molar-refractivity contribution < 1.29 is 0 Å². The third-order valence-electron chi connectivity index (χ3n) is 4.24. The largest absolute Gasteiger partial charge is 0.316 e. The van der Waals surface area contributed by atoms with Crippen LogP contribution in [0.4, 0.5) is 0 Å². The number of hydrogen-bond donors (Lipinski definition) is 1. The summed E-state index contributed by atoms with van der Waals surface area (Å²) >= 11 is 0. The molecule has 2 atom stereocenters. The topological polar surface area (TPSA) is 18.5 Å². The molecule has 100 valence electrons. The third kappa shape index (κ3) is 4.23. The van der Waals surface area contributed by atoms with Gasteiger partial charge in [-0.05, 0) is 64.3 Å². The van der Waals surface area contributed by atoms with Gasteiger partial charge < -0.3 is 15.1 Å². The predicted molar refractivity (Wildman–Crippen MR) is 73.3 cm³/mol. The zero-order valence-electron chi connectivity index (χ0n) is 11.6. The van der Waals surface area contributed by atoms with Gasteiger partial charge in [0.2, 0.25) is 0 Å². The summed E-state index contributed by atoms with van der Waals surface area (Å²) < 4.78 is 0. The molecule has 0 aromatic rings. The van der Waals surface area contributed by atoms with Crippen molar-refractivity contribution in [2.24, 2.45) is 11.8 Å². The molecule has 0 amide bonds. The molecule has 0 spiro atoms. The SMILES string of the molecule is CCCNCC1CCN(CC2CCN(C)C2)C1. The van der Waals surface area contributed by atoms with Gasteiger partial charge in [-0.3, -0.25) is 0 Å². The molecule has 2 aliphatic heterocycles. The lowest BCUT2D eigenvalue weighted by atomic mass is 10.1. The molecule has 2 heterocycles. The van der Waals surface area contributed by atoms with Gasteiger partial charge in [0.1, 0.15) is 0 Å². The van der Waals surface area contributed by atoms with E-state index in [2.05, 4.69) is 29.1 Å². The van der Waals surface area contributed by atoms with Crippen molar-refractivity contribution >= 4 is 0 Å². The maximum absolute atomic E-state index is 3.56. The van der Waals surface area contributed by atoms with Crippen molar-refractivity contribution in [2.75, 3.05) is 52.9 Å². The standard InChI is InChI=1S/C14H29N3/c1-3-6-15-9-13-5-8-17(11-13)12-14-4-7-16(2)10-14/h13-15H,3-12H2,1-2H3. The Bertz CT molecular complexity index is 220. The minimum Gasteiger partial charge on any atom is -0.316 e. The highest BCUT2D eigenvalue weighted by atomic mass is 15.2. The number of hydrogen-bond acceptors (Lipinski definition) is 3. The highest BCUT2D eigenvalue weighted by Gasteiger charge is 2.26. The van der Waals surface area contributed by atoms with Crippen LogP contribution in [0.3, 0.4) is 0 Å². The average Bonchev–Trinajstić information content (AvgIpc) is 2.90. The molecule has 2 rings (SSSR count). The van der Waals surface area contributed by atoms with Crippen LogP contribution in [-0.2, 0) is 0 Å². The molecule has 1 N–H and O–H groups in total. The number of likely N-dealkylation sites (tertiary alicyclic amines) is 2. The molecule has 3 heteroatoms. The van der Waals surface area contributed by atoms with Gasteiger partial charge in [0.15, 0.2) is 0 Å². The molecule has 2 unspecified atom stereocenters.